The minimum absolute atomic E-state index is 0.141. The topological polar surface area (TPSA) is 47.0 Å². The molecule has 1 heterocycles. The van der Waals surface area contributed by atoms with Crippen molar-refractivity contribution in [2.24, 2.45) is 0 Å². The molecule has 0 bridgehead atoms. The van der Waals surface area contributed by atoms with Gasteiger partial charge in [0.05, 0.1) is 5.56 Å². The maximum Gasteiger partial charge on any atom is 0.166 e. The van der Waals surface area contributed by atoms with Gasteiger partial charge in [-0.25, -0.2) is 4.39 Å². The fourth-order valence-electron chi connectivity index (χ4n) is 4.44. The van der Waals surface area contributed by atoms with Crippen LogP contribution < -0.4 is 4.90 Å². The van der Waals surface area contributed by atoms with Gasteiger partial charge in [-0.05, 0) is 49.4 Å². The first kappa shape index (κ1) is 23.9. The molecule has 1 saturated heterocycles. The first-order chi connectivity index (χ1) is 16.6. The lowest BCUT2D eigenvalue weighted by molar-refractivity contribution is 0.0960. The number of anilines is 2. The van der Waals surface area contributed by atoms with Gasteiger partial charge < -0.3 is 14.9 Å². The number of Topliss-reactive ketones (excluding diaryl/α,β-unsaturated/α-hetero) is 1. The lowest BCUT2D eigenvalue weighted by Gasteiger charge is -2.36. The van der Waals surface area contributed by atoms with Gasteiger partial charge in [0.15, 0.2) is 5.78 Å². The highest BCUT2D eigenvalue weighted by atomic mass is 19.1. The van der Waals surface area contributed by atoms with Crippen molar-refractivity contribution in [1.82, 2.24) is 9.80 Å². The number of piperazine rings is 1. The van der Waals surface area contributed by atoms with E-state index in [1.807, 2.05) is 12.1 Å². The SMILES string of the molecule is O=C(CCCN1CCN(CCN(c2ccccc2)c2ccccc2)CC1)c1ccc(F)cc1O. The zero-order valence-electron chi connectivity index (χ0n) is 19.4. The van der Waals surface area contributed by atoms with E-state index < -0.39 is 5.82 Å². The van der Waals surface area contributed by atoms with E-state index in [-0.39, 0.29) is 17.1 Å². The average molecular weight is 462 g/mol. The molecule has 1 aliphatic rings. The maximum atomic E-state index is 13.1. The number of hydrogen-bond donors (Lipinski definition) is 1. The molecule has 3 aromatic rings. The summed E-state index contributed by atoms with van der Waals surface area (Å²) in [7, 11) is 0. The molecule has 6 heteroatoms. The molecule has 0 atom stereocenters. The molecule has 4 rings (SSSR count). The minimum atomic E-state index is -0.539. The number of rotatable bonds is 10. The molecule has 1 N–H and O–H groups in total. The number of phenolic OH excluding ortho intramolecular Hbond substituents is 1. The number of aromatic hydroxyl groups is 1. The molecule has 0 spiro atoms. The quantitative estimate of drug-likeness (QED) is 0.433. The Bertz CT molecular complexity index is 1010. The Kier molecular flexibility index (Phi) is 8.28. The normalized spacial score (nSPS) is 14.7. The zero-order chi connectivity index (χ0) is 23.8. The van der Waals surface area contributed by atoms with Crippen molar-refractivity contribution >= 4 is 17.2 Å². The Balaban J connectivity index is 1.22. The highest BCUT2D eigenvalue weighted by molar-refractivity contribution is 5.98. The van der Waals surface area contributed by atoms with Gasteiger partial charge in [0, 0.05) is 63.1 Å². The summed E-state index contributed by atoms with van der Waals surface area (Å²) < 4.78 is 13.1. The Morgan fingerprint density at radius 2 is 1.38 bits per heavy atom. The number of ketones is 1. The molecule has 0 unspecified atom stereocenters. The first-order valence-electron chi connectivity index (χ1n) is 11.9. The predicted octanol–water partition coefficient (Wildman–Crippen LogP) is 4.95. The number of carbonyl (C=O) groups excluding carboxylic acids is 1. The van der Waals surface area contributed by atoms with Crippen LogP contribution in [0.4, 0.5) is 15.8 Å². The molecule has 1 fully saturated rings. The van der Waals surface area contributed by atoms with E-state index in [4.69, 9.17) is 0 Å². The maximum absolute atomic E-state index is 13.1. The van der Waals surface area contributed by atoms with Crippen LogP contribution in [-0.4, -0.2) is 66.5 Å². The van der Waals surface area contributed by atoms with E-state index >= 15 is 0 Å². The van der Waals surface area contributed by atoms with Crippen LogP contribution in [0.25, 0.3) is 0 Å². The number of carbonyl (C=O) groups is 1. The lowest BCUT2D eigenvalue weighted by Crippen LogP contribution is -2.48. The van der Waals surface area contributed by atoms with Crippen molar-refractivity contribution in [2.75, 3.05) is 50.7 Å². The molecular weight excluding hydrogens is 429 g/mol. The average Bonchev–Trinajstić information content (AvgIpc) is 2.86. The van der Waals surface area contributed by atoms with Crippen molar-refractivity contribution in [1.29, 1.82) is 0 Å². The van der Waals surface area contributed by atoms with Crippen LogP contribution in [0.2, 0.25) is 0 Å². The molecule has 5 nitrogen and oxygen atoms in total. The summed E-state index contributed by atoms with van der Waals surface area (Å²) in [6, 6.07) is 24.6. The van der Waals surface area contributed by atoms with Crippen molar-refractivity contribution in [2.45, 2.75) is 12.8 Å². The first-order valence-corrected chi connectivity index (χ1v) is 11.9. The van der Waals surface area contributed by atoms with Crippen molar-refractivity contribution in [3.8, 4) is 5.75 Å². The fraction of sp³-hybridized carbons (Fsp3) is 0.321. The van der Waals surface area contributed by atoms with E-state index in [0.717, 1.165) is 58.3 Å². The second kappa shape index (κ2) is 11.8. The highest BCUT2D eigenvalue weighted by Gasteiger charge is 2.19. The van der Waals surface area contributed by atoms with Crippen LogP contribution in [-0.2, 0) is 0 Å². The second-order valence-electron chi connectivity index (χ2n) is 8.69. The van der Waals surface area contributed by atoms with Crippen molar-refractivity contribution in [3.05, 3.63) is 90.2 Å². The lowest BCUT2D eigenvalue weighted by atomic mass is 10.1. The Hall–Kier alpha value is -3.22. The van der Waals surface area contributed by atoms with Gasteiger partial charge in [0.1, 0.15) is 11.6 Å². The van der Waals surface area contributed by atoms with Crippen LogP contribution in [0, 0.1) is 5.82 Å². The van der Waals surface area contributed by atoms with Gasteiger partial charge in [-0.3, -0.25) is 9.69 Å². The molecule has 3 aromatic carbocycles. The molecule has 0 saturated carbocycles. The molecular formula is C28H32FN3O2. The third-order valence-corrected chi connectivity index (χ3v) is 6.38. The van der Waals surface area contributed by atoms with E-state index in [9.17, 15) is 14.3 Å². The van der Waals surface area contributed by atoms with Gasteiger partial charge in [0.2, 0.25) is 0 Å². The van der Waals surface area contributed by atoms with Gasteiger partial charge in [-0.2, -0.15) is 0 Å². The Morgan fingerprint density at radius 1 is 0.824 bits per heavy atom. The van der Waals surface area contributed by atoms with Crippen LogP contribution in [0.5, 0.6) is 5.75 Å². The van der Waals surface area contributed by atoms with Crippen LogP contribution in [0.15, 0.2) is 78.9 Å². The predicted molar refractivity (Wildman–Crippen MR) is 134 cm³/mol. The monoisotopic (exact) mass is 461 g/mol. The number of halogens is 1. The largest absolute Gasteiger partial charge is 0.507 e. The summed E-state index contributed by atoms with van der Waals surface area (Å²) in [5.41, 5.74) is 2.60. The van der Waals surface area contributed by atoms with E-state index in [1.165, 1.54) is 23.5 Å². The minimum Gasteiger partial charge on any atom is -0.507 e. The van der Waals surface area contributed by atoms with E-state index in [1.54, 1.807) is 0 Å². The molecule has 1 aliphatic heterocycles. The summed E-state index contributed by atoms with van der Waals surface area (Å²) in [5.74, 6) is -0.959. The third-order valence-electron chi connectivity index (χ3n) is 6.38. The standard InChI is InChI=1S/C28H32FN3O2/c29-23-13-14-26(28(34)22-23)27(33)12-7-15-30-16-18-31(19-17-30)20-21-32(24-8-3-1-4-9-24)25-10-5-2-6-11-25/h1-6,8-11,13-14,22,34H,7,12,15-21H2. The molecule has 0 aromatic heterocycles. The van der Waals surface area contributed by atoms with Crippen LogP contribution >= 0.6 is 0 Å². The second-order valence-corrected chi connectivity index (χ2v) is 8.69. The smallest absolute Gasteiger partial charge is 0.166 e. The fourth-order valence-corrected chi connectivity index (χ4v) is 4.44. The van der Waals surface area contributed by atoms with Gasteiger partial charge in [-0.1, -0.05) is 36.4 Å². The summed E-state index contributed by atoms with van der Waals surface area (Å²) in [6.45, 7) is 6.72. The van der Waals surface area contributed by atoms with Gasteiger partial charge >= 0.3 is 0 Å². The number of benzene rings is 3. The summed E-state index contributed by atoms with van der Waals surface area (Å²) in [6.07, 6.45) is 1.08. The Morgan fingerprint density at radius 3 is 1.94 bits per heavy atom. The van der Waals surface area contributed by atoms with E-state index in [0.29, 0.717) is 6.42 Å². The van der Waals surface area contributed by atoms with Crippen molar-refractivity contribution < 1.29 is 14.3 Å². The van der Waals surface area contributed by atoms with Crippen LogP contribution in [0.1, 0.15) is 23.2 Å². The molecule has 34 heavy (non-hydrogen) atoms. The van der Waals surface area contributed by atoms with Gasteiger partial charge in [0.25, 0.3) is 0 Å². The number of phenols is 1. The summed E-state index contributed by atoms with van der Waals surface area (Å²) in [4.78, 5) is 19.6. The number of para-hydroxylation sites is 2. The van der Waals surface area contributed by atoms with Gasteiger partial charge in [-0.15, -0.1) is 0 Å². The summed E-state index contributed by atoms with van der Waals surface area (Å²) >= 11 is 0. The molecule has 0 radical (unpaired) electrons. The number of hydrogen-bond acceptors (Lipinski definition) is 5. The molecule has 178 valence electrons. The van der Waals surface area contributed by atoms with Crippen molar-refractivity contribution in [3.63, 3.8) is 0 Å². The third kappa shape index (κ3) is 6.43. The zero-order valence-corrected chi connectivity index (χ0v) is 19.4. The summed E-state index contributed by atoms with van der Waals surface area (Å²) in [5, 5.41) is 9.79. The van der Waals surface area contributed by atoms with Crippen LogP contribution in [0.3, 0.4) is 0 Å². The molecule has 0 amide bonds. The highest BCUT2D eigenvalue weighted by Crippen LogP contribution is 2.25. The van der Waals surface area contributed by atoms with E-state index in [2.05, 4.69) is 63.2 Å². The Labute approximate surface area is 201 Å². The number of nitrogens with zero attached hydrogens (tertiary/aromatic N) is 3. The molecule has 0 aliphatic carbocycles.